The maximum Gasteiger partial charge on any atom is 0.401 e. The van der Waals surface area contributed by atoms with Gasteiger partial charge >= 0.3 is 6.18 Å². The van der Waals surface area contributed by atoms with Crippen molar-refractivity contribution >= 4 is 0 Å². The minimum Gasteiger partial charge on any atom is -0.388 e. The molecule has 18 heavy (non-hydrogen) atoms. The van der Waals surface area contributed by atoms with Gasteiger partial charge in [0.1, 0.15) is 5.82 Å². The smallest absolute Gasteiger partial charge is 0.388 e. The van der Waals surface area contributed by atoms with Crippen molar-refractivity contribution in [3.63, 3.8) is 0 Å². The molecular formula is C12H15F4NO. The number of aliphatic hydroxyl groups excluding tert-OH is 1. The van der Waals surface area contributed by atoms with Gasteiger partial charge in [-0.3, -0.25) is 4.90 Å². The van der Waals surface area contributed by atoms with Crippen LogP contribution in [-0.2, 0) is 0 Å². The van der Waals surface area contributed by atoms with E-state index in [2.05, 4.69) is 0 Å². The standard InChI is InChI=1S/C12H15F4NO/c1-17(8-12(14,15)16)7-6-11(18)9-2-4-10(13)5-3-9/h2-5,11,18H,6-8H2,1H3. The van der Waals surface area contributed by atoms with E-state index in [4.69, 9.17) is 0 Å². The Bertz CT molecular complexity index is 363. The number of halogens is 4. The summed E-state index contributed by atoms with van der Waals surface area (Å²) in [5.74, 6) is -0.417. The summed E-state index contributed by atoms with van der Waals surface area (Å²) in [4.78, 5) is 1.09. The molecule has 102 valence electrons. The lowest BCUT2D eigenvalue weighted by Crippen LogP contribution is -2.32. The molecule has 0 saturated carbocycles. The first-order valence-electron chi connectivity index (χ1n) is 5.47. The zero-order valence-corrected chi connectivity index (χ0v) is 9.91. The van der Waals surface area contributed by atoms with Crippen molar-refractivity contribution in [1.82, 2.24) is 4.90 Å². The van der Waals surface area contributed by atoms with E-state index in [-0.39, 0.29) is 13.0 Å². The van der Waals surface area contributed by atoms with E-state index in [0.717, 1.165) is 4.90 Å². The summed E-state index contributed by atoms with van der Waals surface area (Å²) in [6, 6.07) is 5.25. The second kappa shape index (κ2) is 6.15. The van der Waals surface area contributed by atoms with E-state index in [0.29, 0.717) is 5.56 Å². The molecule has 0 radical (unpaired) electrons. The maximum atomic E-state index is 12.6. The van der Waals surface area contributed by atoms with E-state index in [9.17, 15) is 22.7 Å². The van der Waals surface area contributed by atoms with Gasteiger partial charge in [-0.05, 0) is 31.2 Å². The Labute approximate surface area is 103 Å². The molecule has 0 aromatic heterocycles. The minimum atomic E-state index is -4.24. The van der Waals surface area contributed by atoms with E-state index < -0.39 is 24.6 Å². The Kier molecular flexibility index (Phi) is 5.10. The zero-order chi connectivity index (χ0) is 13.8. The van der Waals surface area contributed by atoms with E-state index in [1.165, 1.54) is 31.3 Å². The highest BCUT2D eigenvalue weighted by molar-refractivity contribution is 5.18. The Morgan fingerprint density at radius 1 is 1.22 bits per heavy atom. The molecule has 0 aliphatic heterocycles. The fourth-order valence-electron chi connectivity index (χ4n) is 1.58. The molecule has 0 bridgehead atoms. The number of hydrogen-bond acceptors (Lipinski definition) is 2. The average Bonchev–Trinajstić information content (AvgIpc) is 2.24. The third-order valence-corrected chi connectivity index (χ3v) is 2.49. The molecule has 0 fully saturated rings. The molecule has 0 heterocycles. The van der Waals surface area contributed by atoms with Gasteiger partial charge in [0, 0.05) is 6.54 Å². The van der Waals surface area contributed by atoms with E-state index in [1.54, 1.807) is 0 Å². The number of nitrogens with zero attached hydrogens (tertiary/aromatic N) is 1. The summed E-state index contributed by atoms with van der Waals surface area (Å²) in [7, 11) is 1.34. The van der Waals surface area contributed by atoms with Gasteiger partial charge in [0.25, 0.3) is 0 Å². The summed E-state index contributed by atoms with van der Waals surface area (Å²) in [6.45, 7) is -0.902. The van der Waals surface area contributed by atoms with Crippen molar-refractivity contribution in [2.45, 2.75) is 18.7 Å². The minimum absolute atomic E-state index is 0.109. The highest BCUT2D eigenvalue weighted by Gasteiger charge is 2.29. The molecule has 0 amide bonds. The van der Waals surface area contributed by atoms with Gasteiger partial charge in [0.2, 0.25) is 0 Å². The average molecular weight is 265 g/mol. The van der Waals surface area contributed by atoms with Crippen molar-refractivity contribution < 1.29 is 22.7 Å². The van der Waals surface area contributed by atoms with Gasteiger partial charge in [0.05, 0.1) is 12.6 Å². The van der Waals surface area contributed by atoms with Crippen molar-refractivity contribution in [3.8, 4) is 0 Å². The number of rotatable bonds is 5. The number of aliphatic hydroxyl groups is 1. The molecule has 1 N–H and O–H groups in total. The van der Waals surface area contributed by atoms with Crippen LogP contribution in [0.3, 0.4) is 0 Å². The van der Waals surface area contributed by atoms with E-state index in [1.807, 2.05) is 0 Å². The number of benzene rings is 1. The first-order chi connectivity index (χ1) is 8.28. The highest BCUT2D eigenvalue weighted by Crippen LogP contribution is 2.19. The molecular weight excluding hydrogens is 250 g/mol. The summed E-state index contributed by atoms with van der Waals surface area (Å²) < 4.78 is 48.8. The monoisotopic (exact) mass is 265 g/mol. The first-order valence-corrected chi connectivity index (χ1v) is 5.47. The Balaban J connectivity index is 2.41. The molecule has 1 unspecified atom stereocenters. The second-order valence-corrected chi connectivity index (χ2v) is 4.21. The SMILES string of the molecule is CN(CCC(O)c1ccc(F)cc1)CC(F)(F)F. The van der Waals surface area contributed by atoms with Crippen LogP contribution in [0.4, 0.5) is 17.6 Å². The normalized spacial score (nSPS) is 13.9. The van der Waals surface area contributed by atoms with Gasteiger partial charge in [-0.25, -0.2) is 4.39 Å². The summed E-state index contributed by atoms with van der Waals surface area (Å²) >= 11 is 0. The van der Waals surface area contributed by atoms with Crippen molar-refractivity contribution in [3.05, 3.63) is 35.6 Å². The summed E-state index contributed by atoms with van der Waals surface area (Å²) in [5, 5.41) is 9.73. The van der Waals surface area contributed by atoms with E-state index >= 15 is 0 Å². The predicted molar refractivity (Wildman–Crippen MR) is 59.5 cm³/mol. The van der Waals surface area contributed by atoms with Gasteiger partial charge in [-0.1, -0.05) is 12.1 Å². The van der Waals surface area contributed by atoms with Crippen LogP contribution in [0.15, 0.2) is 24.3 Å². The predicted octanol–water partition coefficient (Wildman–Crippen LogP) is 2.74. The van der Waals surface area contributed by atoms with Crippen LogP contribution in [0.2, 0.25) is 0 Å². The van der Waals surface area contributed by atoms with Crippen molar-refractivity contribution in [2.24, 2.45) is 0 Å². The largest absolute Gasteiger partial charge is 0.401 e. The van der Waals surface area contributed by atoms with Crippen molar-refractivity contribution in [1.29, 1.82) is 0 Å². The van der Waals surface area contributed by atoms with Gasteiger partial charge in [0.15, 0.2) is 0 Å². The van der Waals surface area contributed by atoms with Crippen LogP contribution in [0.25, 0.3) is 0 Å². The lowest BCUT2D eigenvalue weighted by Gasteiger charge is -2.20. The van der Waals surface area contributed by atoms with Crippen LogP contribution >= 0.6 is 0 Å². The Hall–Kier alpha value is -1.14. The summed E-state index contributed by atoms with van der Waals surface area (Å²) in [6.07, 6.45) is -4.96. The molecule has 0 aliphatic carbocycles. The first kappa shape index (κ1) is 14.9. The molecule has 0 spiro atoms. The van der Waals surface area contributed by atoms with Crippen LogP contribution in [0.5, 0.6) is 0 Å². The fourth-order valence-corrected chi connectivity index (χ4v) is 1.58. The maximum absolute atomic E-state index is 12.6. The second-order valence-electron chi connectivity index (χ2n) is 4.21. The molecule has 6 heteroatoms. The molecule has 1 rings (SSSR count). The molecule has 1 aromatic rings. The Morgan fingerprint density at radius 2 is 1.78 bits per heavy atom. The van der Waals surface area contributed by atoms with Crippen LogP contribution in [0.1, 0.15) is 18.1 Å². The fraction of sp³-hybridized carbons (Fsp3) is 0.500. The zero-order valence-electron chi connectivity index (χ0n) is 9.91. The molecule has 2 nitrogen and oxygen atoms in total. The highest BCUT2D eigenvalue weighted by atomic mass is 19.4. The summed E-state index contributed by atoms with van der Waals surface area (Å²) in [5.41, 5.74) is 0.497. The van der Waals surface area contributed by atoms with Gasteiger partial charge < -0.3 is 5.11 Å². The van der Waals surface area contributed by atoms with Crippen molar-refractivity contribution in [2.75, 3.05) is 20.1 Å². The molecule has 0 saturated heterocycles. The lowest BCUT2D eigenvalue weighted by atomic mass is 10.1. The number of hydrogen-bond donors (Lipinski definition) is 1. The third-order valence-electron chi connectivity index (χ3n) is 2.49. The van der Waals surface area contributed by atoms with Gasteiger partial charge in [-0.15, -0.1) is 0 Å². The molecule has 0 aliphatic rings. The Morgan fingerprint density at radius 3 is 2.28 bits per heavy atom. The molecule has 1 aromatic carbocycles. The quantitative estimate of drug-likeness (QED) is 0.827. The molecule has 1 atom stereocenters. The lowest BCUT2D eigenvalue weighted by molar-refractivity contribution is -0.143. The van der Waals surface area contributed by atoms with Gasteiger partial charge in [-0.2, -0.15) is 13.2 Å². The topological polar surface area (TPSA) is 23.5 Å². The number of alkyl halides is 3. The third kappa shape index (κ3) is 5.46. The van der Waals surface area contributed by atoms with Crippen LogP contribution < -0.4 is 0 Å². The van der Waals surface area contributed by atoms with Crippen LogP contribution in [0, 0.1) is 5.82 Å². The van der Waals surface area contributed by atoms with Crippen LogP contribution in [-0.4, -0.2) is 36.3 Å².